The highest BCUT2D eigenvalue weighted by atomic mass is 79.9. The van der Waals surface area contributed by atoms with Crippen molar-refractivity contribution in [3.63, 3.8) is 0 Å². The topological polar surface area (TPSA) is 46.5 Å². The van der Waals surface area contributed by atoms with Crippen molar-refractivity contribution in [1.29, 1.82) is 0 Å². The highest BCUT2D eigenvalue weighted by Crippen LogP contribution is 2.32. The standard InChI is InChI=1S/C14H11BrO3/c1-18-14(17)10-4-2-3-9(7-10)12-8-11(15)5-6-13(12)16/h2-8,16H,1H3. The van der Waals surface area contributed by atoms with Crippen LogP contribution in [-0.2, 0) is 4.74 Å². The third kappa shape index (κ3) is 2.54. The summed E-state index contributed by atoms with van der Waals surface area (Å²) < 4.78 is 5.53. The molecule has 2 aromatic carbocycles. The Balaban J connectivity index is 2.51. The van der Waals surface area contributed by atoms with Gasteiger partial charge in [0.2, 0.25) is 0 Å². The summed E-state index contributed by atoms with van der Waals surface area (Å²) in [5.41, 5.74) is 1.88. The number of rotatable bonds is 2. The number of esters is 1. The largest absolute Gasteiger partial charge is 0.507 e. The van der Waals surface area contributed by atoms with E-state index in [0.29, 0.717) is 11.1 Å². The fourth-order valence-corrected chi connectivity index (χ4v) is 2.03. The van der Waals surface area contributed by atoms with Gasteiger partial charge in [-0.05, 0) is 35.9 Å². The Hall–Kier alpha value is -1.81. The second kappa shape index (κ2) is 5.23. The molecule has 0 radical (unpaired) electrons. The van der Waals surface area contributed by atoms with Crippen LogP contribution in [-0.4, -0.2) is 18.2 Å². The minimum atomic E-state index is -0.397. The van der Waals surface area contributed by atoms with Crippen LogP contribution in [0.3, 0.4) is 0 Å². The average Bonchev–Trinajstić information content (AvgIpc) is 2.40. The van der Waals surface area contributed by atoms with Crippen LogP contribution in [0.1, 0.15) is 10.4 Å². The van der Waals surface area contributed by atoms with E-state index in [1.807, 2.05) is 6.07 Å². The van der Waals surface area contributed by atoms with E-state index in [4.69, 9.17) is 0 Å². The lowest BCUT2D eigenvalue weighted by Gasteiger charge is -2.07. The molecule has 0 spiro atoms. The minimum Gasteiger partial charge on any atom is -0.507 e. The number of aromatic hydroxyl groups is 1. The van der Waals surface area contributed by atoms with Gasteiger partial charge in [0, 0.05) is 10.0 Å². The number of carbonyl (C=O) groups excluding carboxylic acids is 1. The van der Waals surface area contributed by atoms with E-state index < -0.39 is 5.97 Å². The zero-order valence-electron chi connectivity index (χ0n) is 9.68. The average molecular weight is 307 g/mol. The number of methoxy groups -OCH3 is 1. The highest BCUT2D eigenvalue weighted by Gasteiger charge is 2.09. The van der Waals surface area contributed by atoms with Gasteiger partial charge in [-0.3, -0.25) is 0 Å². The third-order valence-corrected chi connectivity index (χ3v) is 3.05. The molecule has 0 aromatic heterocycles. The van der Waals surface area contributed by atoms with Crippen molar-refractivity contribution in [3.8, 4) is 16.9 Å². The molecule has 2 rings (SSSR count). The zero-order valence-corrected chi connectivity index (χ0v) is 11.3. The van der Waals surface area contributed by atoms with E-state index in [9.17, 15) is 9.90 Å². The molecule has 2 aromatic rings. The summed E-state index contributed by atoms with van der Waals surface area (Å²) in [7, 11) is 1.34. The van der Waals surface area contributed by atoms with Gasteiger partial charge >= 0.3 is 5.97 Å². The summed E-state index contributed by atoms with van der Waals surface area (Å²) in [6.07, 6.45) is 0. The van der Waals surface area contributed by atoms with Crippen LogP contribution >= 0.6 is 15.9 Å². The molecule has 0 aliphatic carbocycles. The minimum absolute atomic E-state index is 0.167. The van der Waals surface area contributed by atoms with Crippen molar-refractivity contribution in [3.05, 3.63) is 52.5 Å². The number of hydrogen-bond acceptors (Lipinski definition) is 3. The highest BCUT2D eigenvalue weighted by molar-refractivity contribution is 9.10. The molecule has 0 heterocycles. The van der Waals surface area contributed by atoms with Crippen LogP contribution in [0.2, 0.25) is 0 Å². The molecule has 0 bridgehead atoms. The van der Waals surface area contributed by atoms with Crippen molar-refractivity contribution in [1.82, 2.24) is 0 Å². The van der Waals surface area contributed by atoms with Gasteiger partial charge in [-0.15, -0.1) is 0 Å². The maximum absolute atomic E-state index is 11.5. The third-order valence-electron chi connectivity index (χ3n) is 2.55. The van der Waals surface area contributed by atoms with Gasteiger partial charge in [-0.25, -0.2) is 4.79 Å². The predicted molar refractivity (Wildman–Crippen MR) is 72.6 cm³/mol. The van der Waals surface area contributed by atoms with Gasteiger partial charge in [-0.1, -0.05) is 28.1 Å². The maximum Gasteiger partial charge on any atom is 0.337 e. The van der Waals surface area contributed by atoms with E-state index in [1.165, 1.54) is 7.11 Å². The molecule has 0 aliphatic rings. The number of hydrogen-bond donors (Lipinski definition) is 1. The molecule has 4 heteroatoms. The molecule has 0 atom stereocenters. The van der Waals surface area contributed by atoms with Gasteiger partial charge < -0.3 is 9.84 Å². The first-order valence-electron chi connectivity index (χ1n) is 5.29. The molecule has 0 aliphatic heterocycles. The van der Waals surface area contributed by atoms with E-state index >= 15 is 0 Å². The Labute approximate surface area is 113 Å². The van der Waals surface area contributed by atoms with Crippen molar-refractivity contribution >= 4 is 21.9 Å². The van der Waals surface area contributed by atoms with Crippen LogP contribution < -0.4 is 0 Å². The monoisotopic (exact) mass is 306 g/mol. The molecule has 18 heavy (non-hydrogen) atoms. The van der Waals surface area contributed by atoms with Gasteiger partial charge in [0.05, 0.1) is 12.7 Å². The number of ether oxygens (including phenoxy) is 1. The molecule has 1 N–H and O–H groups in total. The van der Waals surface area contributed by atoms with E-state index in [0.717, 1.165) is 10.0 Å². The van der Waals surface area contributed by atoms with E-state index in [1.54, 1.807) is 36.4 Å². The number of phenolic OH excluding ortho intramolecular Hbond substituents is 1. The summed E-state index contributed by atoms with van der Waals surface area (Å²) in [6.45, 7) is 0. The van der Waals surface area contributed by atoms with Crippen molar-refractivity contribution in [2.24, 2.45) is 0 Å². The Bertz CT molecular complexity index is 593. The molecule has 0 amide bonds. The summed E-state index contributed by atoms with van der Waals surface area (Å²) in [4.78, 5) is 11.5. The Kier molecular flexibility index (Phi) is 3.67. The molecule has 0 unspecified atom stereocenters. The summed E-state index contributed by atoms with van der Waals surface area (Å²) >= 11 is 3.35. The zero-order chi connectivity index (χ0) is 13.1. The normalized spacial score (nSPS) is 10.1. The van der Waals surface area contributed by atoms with Crippen LogP contribution in [0.4, 0.5) is 0 Å². The number of halogens is 1. The smallest absolute Gasteiger partial charge is 0.337 e. The molecule has 0 saturated heterocycles. The van der Waals surface area contributed by atoms with Crippen LogP contribution in [0.5, 0.6) is 5.75 Å². The van der Waals surface area contributed by atoms with Gasteiger partial charge in [0.15, 0.2) is 0 Å². The molecular weight excluding hydrogens is 296 g/mol. The summed E-state index contributed by atoms with van der Waals surface area (Å²) in [6, 6.07) is 12.1. The number of carbonyl (C=O) groups is 1. The second-order valence-corrected chi connectivity index (χ2v) is 4.65. The Morgan fingerprint density at radius 2 is 2.00 bits per heavy atom. The first kappa shape index (κ1) is 12.6. The number of benzene rings is 2. The summed E-state index contributed by atoms with van der Waals surface area (Å²) in [5, 5.41) is 9.84. The van der Waals surface area contributed by atoms with Gasteiger partial charge in [0.1, 0.15) is 5.75 Å². The van der Waals surface area contributed by atoms with Crippen molar-refractivity contribution in [2.75, 3.05) is 7.11 Å². The molecule has 3 nitrogen and oxygen atoms in total. The van der Waals surface area contributed by atoms with Crippen molar-refractivity contribution < 1.29 is 14.6 Å². The van der Waals surface area contributed by atoms with Crippen LogP contribution in [0.15, 0.2) is 46.9 Å². The lowest BCUT2D eigenvalue weighted by atomic mass is 10.0. The van der Waals surface area contributed by atoms with Crippen LogP contribution in [0, 0.1) is 0 Å². The van der Waals surface area contributed by atoms with E-state index in [2.05, 4.69) is 20.7 Å². The molecule has 0 saturated carbocycles. The lowest BCUT2D eigenvalue weighted by Crippen LogP contribution is -2.00. The maximum atomic E-state index is 11.5. The van der Waals surface area contributed by atoms with Gasteiger partial charge in [-0.2, -0.15) is 0 Å². The molecule has 0 fully saturated rings. The first-order valence-corrected chi connectivity index (χ1v) is 6.08. The van der Waals surface area contributed by atoms with Gasteiger partial charge in [0.25, 0.3) is 0 Å². The second-order valence-electron chi connectivity index (χ2n) is 3.73. The quantitative estimate of drug-likeness (QED) is 0.862. The SMILES string of the molecule is COC(=O)c1cccc(-c2cc(Br)ccc2O)c1. The van der Waals surface area contributed by atoms with Crippen molar-refractivity contribution in [2.45, 2.75) is 0 Å². The fraction of sp³-hybridized carbons (Fsp3) is 0.0714. The summed E-state index contributed by atoms with van der Waals surface area (Å²) in [5.74, 6) is -0.230. The lowest BCUT2D eigenvalue weighted by molar-refractivity contribution is 0.0601. The van der Waals surface area contributed by atoms with E-state index in [-0.39, 0.29) is 5.75 Å². The predicted octanol–water partition coefficient (Wildman–Crippen LogP) is 3.61. The molecular formula is C14H11BrO3. The first-order chi connectivity index (χ1) is 8.61. The Morgan fingerprint density at radius 1 is 1.22 bits per heavy atom. The number of phenols is 1. The Morgan fingerprint density at radius 3 is 2.72 bits per heavy atom. The molecule has 92 valence electrons. The van der Waals surface area contributed by atoms with Crippen LogP contribution in [0.25, 0.3) is 11.1 Å². The fourth-order valence-electron chi connectivity index (χ4n) is 1.67.